The fourth-order valence-electron chi connectivity index (χ4n) is 4.14. The van der Waals surface area contributed by atoms with Gasteiger partial charge in [-0.3, -0.25) is 0 Å². The van der Waals surface area contributed by atoms with E-state index in [1.54, 1.807) is 6.20 Å². The van der Waals surface area contributed by atoms with Gasteiger partial charge < -0.3 is 24.3 Å². The number of ether oxygens (including phenoxy) is 1. The Hall–Kier alpha value is -3.84. The smallest absolute Gasteiger partial charge is 0.180 e. The fourth-order valence-corrected chi connectivity index (χ4v) is 4.14. The first-order chi connectivity index (χ1) is 15.3. The summed E-state index contributed by atoms with van der Waals surface area (Å²) in [7, 11) is 0. The summed E-state index contributed by atoms with van der Waals surface area (Å²) in [4.78, 5) is 15.1. The third-order valence-corrected chi connectivity index (χ3v) is 5.75. The topological polar surface area (TPSA) is 70.5 Å². The summed E-state index contributed by atoms with van der Waals surface area (Å²) in [6.07, 6.45) is 7.77. The quantitative estimate of drug-likeness (QED) is 0.458. The average molecular weight is 410 g/mol. The van der Waals surface area contributed by atoms with Gasteiger partial charge in [0, 0.05) is 65.7 Å². The molecule has 0 saturated carbocycles. The van der Waals surface area contributed by atoms with Gasteiger partial charge >= 0.3 is 0 Å². The Kier molecular flexibility index (Phi) is 4.32. The van der Waals surface area contributed by atoms with E-state index in [4.69, 9.17) is 9.72 Å². The van der Waals surface area contributed by atoms with Crippen LogP contribution in [0.5, 0.6) is 0 Å². The summed E-state index contributed by atoms with van der Waals surface area (Å²) in [6.45, 7) is 3.41. The van der Waals surface area contributed by atoms with Crippen LogP contribution in [-0.4, -0.2) is 45.7 Å². The molecule has 0 amide bonds. The summed E-state index contributed by atoms with van der Waals surface area (Å²) in [5.74, 6) is 0.729. The second-order valence-electron chi connectivity index (χ2n) is 7.65. The van der Waals surface area contributed by atoms with Gasteiger partial charge in [0.2, 0.25) is 0 Å². The maximum absolute atomic E-state index is 5.45. The van der Waals surface area contributed by atoms with Crippen LogP contribution < -0.4 is 10.2 Å². The molecule has 5 aromatic rings. The Bertz CT molecular complexity index is 1350. The van der Waals surface area contributed by atoms with E-state index in [2.05, 4.69) is 56.6 Å². The highest BCUT2D eigenvalue weighted by Gasteiger charge is 2.14. The second kappa shape index (κ2) is 7.45. The molecule has 1 aliphatic heterocycles. The van der Waals surface area contributed by atoms with E-state index in [1.807, 2.05) is 35.1 Å². The van der Waals surface area contributed by atoms with E-state index >= 15 is 0 Å². The average Bonchev–Trinajstić information content (AvgIpc) is 3.47. The monoisotopic (exact) mass is 410 g/mol. The first kappa shape index (κ1) is 18.0. The highest BCUT2D eigenvalue weighted by Crippen LogP contribution is 2.30. The van der Waals surface area contributed by atoms with Crippen LogP contribution in [0, 0.1) is 0 Å². The molecule has 7 nitrogen and oxygen atoms in total. The third-order valence-electron chi connectivity index (χ3n) is 5.75. The number of para-hydroxylation sites is 1. The summed E-state index contributed by atoms with van der Waals surface area (Å²) in [6, 6.07) is 16.7. The van der Waals surface area contributed by atoms with Crippen molar-refractivity contribution < 1.29 is 4.74 Å². The van der Waals surface area contributed by atoms with Crippen LogP contribution >= 0.6 is 0 Å². The lowest BCUT2D eigenvalue weighted by Crippen LogP contribution is -2.36. The highest BCUT2D eigenvalue weighted by molar-refractivity contribution is 5.95. The number of morpholine rings is 1. The number of nitrogens with one attached hydrogen (secondary N) is 2. The largest absolute Gasteiger partial charge is 0.378 e. The molecule has 4 heterocycles. The maximum Gasteiger partial charge on any atom is 0.180 e. The van der Waals surface area contributed by atoms with Crippen molar-refractivity contribution in [2.75, 3.05) is 36.5 Å². The van der Waals surface area contributed by atoms with Crippen molar-refractivity contribution in [1.82, 2.24) is 19.4 Å². The molecule has 0 atom stereocenters. The fraction of sp³-hybridized carbons (Fsp3) is 0.167. The molecule has 154 valence electrons. The van der Waals surface area contributed by atoms with Crippen molar-refractivity contribution in [3.8, 4) is 11.3 Å². The van der Waals surface area contributed by atoms with Gasteiger partial charge in [-0.15, -0.1) is 0 Å². The van der Waals surface area contributed by atoms with Gasteiger partial charge in [0.05, 0.1) is 18.9 Å². The molecule has 0 radical (unpaired) electrons. The zero-order valence-electron chi connectivity index (χ0n) is 17.0. The molecule has 0 aliphatic carbocycles. The van der Waals surface area contributed by atoms with Crippen molar-refractivity contribution in [3.63, 3.8) is 0 Å². The number of nitrogens with zero attached hydrogens (tertiary/aromatic N) is 4. The Morgan fingerprint density at radius 3 is 2.71 bits per heavy atom. The van der Waals surface area contributed by atoms with Crippen LogP contribution in [0.4, 0.5) is 17.2 Å². The van der Waals surface area contributed by atoms with E-state index in [0.717, 1.165) is 65.6 Å². The lowest BCUT2D eigenvalue weighted by Gasteiger charge is -2.28. The molecule has 2 N–H and O–H groups in total. The predicted octanol–water partition coefficient (Wildman–Crippen LogP) is 4.46. The molecule has 2 aromatic carbocycles. The van der Waals surface area contributed by atoms with Gasteiger partial charge in [0.25, 0.3) is 0 Å². The molecule has 0 spiro atoms. The minimum atomic E-state index is 0.729. The lowest BCUT2D eigenvalue weighted by atomic mass is 10.1. The van der Waals surface area contributed by atoms with Gasteiger partial charge in [-0.05, 0) is 30.3 Å². The molecular weight excluding hydrogens is 388 g/mol. The van der Waals surface area contributed by atoms with Gasteiger partial charge in [0.1, 0.15) is 0 Å². The Labute approximate surface area is 179 Å². The lowest BCUT2D eigenvalue weighted by molar-refractivity contribution is 0.122. The molecule has 1 aliphatic rings. The number of aromatic amines is 1. The first-order valence-corrected chi connectivity index (χ1v) is 10.5. The minimum absolute atomic E-state index is 0.729. The Morgan fingerprint density at radius 1 is 1.00 bits per heavy atom. The Balaban J connectivity index is 1.35. The van der Waals surface area contributed by atoms with Gasteiger partial charge in [-0.1, -0.05) is 18.2 Å². The number of fused-ring (bicyclic) bond motifs is 2. The molecule has 1 fully saturated rings. The van der Waals surface area contributed by atoms with Crippen LogP contribution in [0.3, 0.4) is 0 Å². The number of anilines is 3. The van der Waals surface area contributed by atoms with Crippen molar-refractivity contribution in [2.45, 2.75) is 0 Å². The van der Waals surface area contributed by atoms with E-state index in [-0.39, 0.29) is 0 Å². The van der Waals surface area contributed by atoms with Crippen LogP contribution in [0.2, 0.25) is 0 Å². The van der Waals surface area contributed by atoms with Crippen molar-refractivity contribution in [1.29, 1.82) is 0 Å². The standard InChI is InChI=1S/C24H22N6O/c1-2-4-21-19(3-1)20(15-26-21)22-16-30-10-9-25-24(30)23(28-22)27-17-5-7-18(8-6-17)29-11-13-31-14-12-29/h1-10,15-16,26H,11-14H2,(H,27,28). The highest BCUT2D eigenvalue weighted by atomic mass is 16.5. The summed E-state index contributed by atoms with van der Waals surface area (Å²) in [5.41, 5.74) is 6.03. The molecule has 7 heteroatoms. The first-order valence-electron chi connectivity index (χ1n) is 10.5. The van der Waals surface area contributed by atoms with Crippen molar-refractivity contribution >= 4 is 33.7 Å². The molecule has 31 heavy (non-hydrogen) atoms. The van der Waals surface area contributed by atoms with Crippen LogP contribution in [0.25, 0.3) is 27.8 Å². The zero-order chi connectivity index (χ0) is 20.6. The SMILES string of the molecule is c1ccc2c(-c3cn4ccnc4c(Nc4ccc(N5CCOCC5)cc4)n3)c[nH]c2c1. The van der Waals surface area contributed by atoms with Crippen molar-refractivity contribution in [3.05, 3.63) is 73.3 Å². The van der Waals surface area contributed by atoms with Crippen molar-refractivity contribution in [2.24, 2.45) is 0 Å². The van der Waals surface area contributed by atoms with Crippen LogP contribution in [0.15, 0.2) is 73.3 Å². The number of hydrogen-bond acceptors (Lipinski definition) is 5. The number of benzene rings is 2. The Morgan fingerprint density at radius 2 is 1.84 bits per heavy atom. The third kappa shape index (κ3) is 3.29. The molecule has 1 saturated heterocycles. The zero-order valence-corrected chi connectivity index (χ0v) is 17.0. The number of H-pyrrole nitrogens is 1. The van der Waals surface area contributed by atoms with Gasteiger partial charge in [0.15, 0.2) is 11.5 Å². The number of hydrogen-bond donors (Lipinski definition) is 2. The summed E-state index contributed by atoms with van der Waals surface area (Å²) in [5, 5.41) is 4.61. The van der Waals surface area contributed by atoms with E-state index < -0.39 is 0 Å². The summed E-state index contributed by atoms with van der Waals surface area (Å²) >= 11 is 0. The maximum atomic E-state index is 5.45. The molecule has 0 unspecified atom stereocenters. The second-order valence-corrected chi connectivity index (χ2v) is 7.65. The van der Waals surface area contributed by atoms with Crippen LogP contribution in [-0.2, 0) is 4.74 Å². The molecule has 3 aromatic heterocycles. The van der Waals surface area contributed by atoms with Gasteiger partial charge in [-0.25, -0.2) is 9.97 Å². The van der Waals surface area contributed by atoms with Crippen LogP contribution in [0.1, 0.15) is 0 Å². The number of imidazole rings is 1. The number of rotatable bonds is 4. The number of aromatic nitrogens is 4. The van der Waals surface area contributed by atoms with E-state index in [9.17, 15) is 0 Å². The van der Waals surface area contributed by atoms with Gasteiger partial charge in [-0.2, -0.15) is 0 Å². The minimum Gasteiger partial charge on any atom is -0.378 e. The summed E-state index contributed by atoms with van der Waals surface area (Å²) < 4.78 is 7.46. The van der Waals surface area contributed by atoms with E-state index in [0.29, 0.717) is 0 Å². The normalized spacial score (nSPS) is 14.4. The van der Waals surface area contributed by atoms with E-state index in [1.165, 1.54) is 5.69 Å². The predicted molar refractivity (Wildman–Crippen MR) is 123 cm³/mol. The molecule has 0 bridgehead atoms. The molecular formula is C24H22N6O. The molecule has 6 rings (SSSR count).